The molecule has 0 amide bonds. The zero-order valence-electron chi connectivity index (χ0n) is 7.01. The van der Waals surface area contributed by atoms with Crippen molar-refractivity contribution in [2.75, 3.05) is 6.61 Å². The molecule has 1 rings (SSSR count). The van der Waals surface area contributed by atoms with Gasteiger partial charge in [0.2, 0.25) is 0 Å². The van der Waals surface area contributed by atoms with Crippen molar-refractivity contribution in [2.45, 2.75) is 19.8 Å². The van der Waals surface area contributed by atoms with Gasteiger partial charge in [-0.15, -0.1) is 0 Å². The summed E-state index contributed by atoms with van der Waals surface area (Å²) in [4.78, 5) is 0. The van der Waals surface area contributed by atoms with E-state index in [2.05, 4.69) is 19.6 Å². The molecule has 0 bridgehead atoms. The molecule has 0 heterocycles. The van der Waals surface area contributed by atoms with Gasteiger partial charge in [0.05, 0.1) is 6.61 Å². The number of hydrogen-bond acceptors (Lipinski definition) is 1. The summed E-state index contributed by atoms with van der Waals surface area (Å²) in [5.41, 5.74) is 1.22. The highest BCUT2D eigenvalue weighted by molar-refractivity contribution is 5.20. The maximum absolute atomic E-state index is 8.81. The summed E-state index contributed by atoms with van der Waals surface area (Å²) >= 11 is 0. The van der Waals surface area contributed by atoms with Gasteiger partial charge in [-0.1, -0.05) is 24.3 Å². The van der Waals surface area contributed by atoms with Crippen LogP contribution in [-0.2, 0) is 0 Å². The molecular formula is C10H15O. The summed E-state index contributed by atoms with van der Waals surface area (Å²) in [5.74, 6) is 1.67. The summed E-state index contributed by atoms with van der Waals surface area (Å²) in [7, 11) is 0. The van der Waals surface area contributed by atoms with Crippen LogP contribution in [0.1, 0.15) is 19.8 Å². The van der Waals surface area contributed by atoms with Crippen LogP contribution in [0, 0.1) is 11.8 Å². The normalized spacial score (nSPS) is 25.5. The first-order valence-electron chi connectivity index (χ1n) is 4.03. The van der Waals surface area contributed by atoms with Gasteiger partial charge in [0, 0.05) is 5.92 Å². The Labute approximate surface area is 68.4 Å². The monoisotopic (exact) mass is 151 g/mol. The fourth-order valence-electron chi connectivity index (χ4n) is 1.32. The van der Waals surface area contributed by atoms with Crippen LogP contribution in [0.5, 0.6) is 0 Å². The Hall–Kier alpha value is -0.560. The van der Waals surface area contributed by atoms with Gasteiger partial charge >= 0.3 is 0 Å². The second kappa shape index (κ2) is 3.72. The molecule has 0 spiro atoms. The van der Waals surface area contributed by atoms with E-state index in [4.69, 9.17) is 5.11 Å². The van der Waals surface area contributed by atoms with Gasteiger partial charge < -0.3 is 5.11 Å². The van der Waals surface area contributed by atoms with Gasteiger partial charge in [0.15, 0.2) is 0 Å². The molecule has 0 saturated heterocycles. The Kier molecular flexibility index (Phi) is 2.89. The highest BCUT2D eigenvalue weighted by atomic mass is 16.3. The highest BCUT2D eigenvalue weighted by Gasteiger charge is 2.15. The molecule has 1 heteroatoms. The Morgan fingerprint density at radius 2 is 2.55 bits per heavy atom. The molecule has 1 aliphatic carbocycles. The van der Waals surface area contributed by atoms with Crippen molar-refractivity contribution in [3.8, 4) is 0 Å². The third-order valence-corrected chi connectivity index (χ3v) is 2.18. The minimum absolute atomic E-state index is 0.208. The smallest absolute Gasteiger partial charge is 0.0531 e. The zero-order chi connectivity index (χ0) is 8.27. The standard InChI is InChI=1S/C10H15O/c1-8(2)10-5-3-9(7-11)4-6-10/h3,5,10-11H,1,4,6-7H2,2H3. The van der Waals surface area contributed by atoms with E-state index in [9.17, 15) is 0 Å². The predicted octanol–water partition coefficient (Wildman–Crippen LogP) is 2.10. The number of hydrogen-bond donors (Lipinski definition) is 1. The maximum Gasteiger partial charge on any atom is 0.0531 e. The van der Waals surface area contributed by atoms with Crippen LogP contribution in [-0.4, -0.2) is 11.7 Å². The molecule has 11 heavy (non-hydrogen) atoms. The van der Waals surface area contributed by atoms with E-state index in [0.717, 1.165) is 18.8 Å². The van der Waals surface area contributed by atoms with Crippen LogP contribution in [0.4, 0.5) is 0 Å². The van der Waals surface area contributed by atoms with Crippen LogP contribution in [0.25, 0.3) is 0 Å². The molecule has 0 aromatic carbocycles. The predicted molar refractivity (Wildman–Crippen MR) is 47.0 cm³/mol. The largest absolute Gasteiger partial charge is 0.395 e. The van der Waals surface area contributed by atoms with Crippen LogP contribution in [0.15, 0.2) is 24.3 Å². The summed E-state index contributed by atoms with van der Waals surface area (Å²) in [6, 6.07) is 0. The van der Waals surface area contributed by atoms with Crippen LogP contribution < -0.4 is 0 Å². The summed E-state index contributed by atoms with van der Waals surface area (Å²) in [6.07, 6.45) is 6.30. The molecule has 1 unspecified atom stereocenters. The summed E-state index contributed by atoms with van der Waals surface area (Å²) < 4.78 is 0. The van der Waals surface area contributed by atoms with Gasteiger partial charge in [-0.05, 0) is 25.7 Å². The molecule has 1 radical (unpaired) electrons. The second-order valence-electron chi connectivity index (χ2n) is 3.17. The minimum Gasteiger partial charge on any atom is -0.395 e. The van der Waals surface area contributed by atoms with Crippen molar-refractivity contribution in [3.63, 3.8) is 0 Å². The Morgan fingerprint density at radius 3 is 2.91 bits per heavy atom. The molecule has 0 saturated carbocycles. The molecule has 1 atom stereocenters. The van der Waals surface area contributed by atoms with Crippen LogP contribution in [0.2, 0.25) is 0 Å². The lowest BCUT2D eigenvalue weighted by Gasteiger charge is -2.20. The summed E-state index contributed by atoms with van der Waals surface area (Å²) in [5, 5.41) is 8.81. The van der Waals surface area contributed by atoms with E-state index < -0.39 is 0 Å². The van der Waals surface area contributed by atoms with Crippen molar-refractivity contribution >= 4 is 0 Å². The van der Waals surface area contributed by atoms with E-state index in [1.54, 1.807) is 0 Å². The maximum atomic E-state index is 8.81. The van der Waals surface area contributed by atoms with E-state index >= 15 is 0 Å². The molecular weight excluding hydrogens is 136 g/mol. The average molecular weight is 151 g/mol. The van der Waals surface area contributed by atoms with Gasteiger partial charge in [0.25, 0.3) is 0 Å². The lowest BCUT2D eigenvalue weighted by molar-refractivity contribution is 0.304. The average Bonchev–Trinajstić information content (AvgIpc) is 2.05. The number of aliphatic hydroxyl groups excluding tert-OH is 1. The molecule has 61 valence electrons. The first-order chi connectivity index (χ1) is 5.24. The second-order valence-corrected chi connectivity index (χ2v) is 3.17. The van der Waals surface area contributed by atoms with Crippen molar-refractivity contribution < 1.29 is 5.11 Å². The highest BCUT2D eigenvalue weighted by Crippen LogP contribution is 2.27. The van der Waals surface area contributed by atoms with Crippen molar-refractivity contribution in [1.29, 1.82) is 0 Å². The molecule has 1 N–H and O–H groups in total. The minimum atomic E-state index is 0.208. The molecule has 0 fully saturated rings. The Bertz CT molecular complexity index is 170. The van der Waals surface area contributed by atoms with Gasteiger partial charge in [-0.3, -0.25) is 0 Å². The lowest BCUT2D eigenvalue weighted by atomic mass is 9.86. The molecule has 0 aliphatic heterocycles. The van der Waals surface area contributed by atoms with E-state index in [1.807, 2.05) is 6.08 Å². The molecule has 0 aromatic heterocycles. The number of allylic oxidation sites excluding steroid dienone is 2. The zero-order valence-corrected chi connectivity index (χ0v) is 7.01. The van der Waals surface area contributed by atoms with E-state index in [-0.39, 0.29) is 6.61 Å². The van der Waals surface area contributed by atoms with Crippen LogP contribution >= 0.6 is 0 Å². The van der Waals surface area contributed by atoms with Gasteiger partial charge in [0.1, 0.15) is 0 Å². The molecule has 1 aliphatic rings. The Morgan fingerprint density at radius 1 is 1.82 bits per heavy atom. The number of rotatable bonds is 2. The SMILES string of the molecule is C=C(C)C1C=C[C](CO)CC1. The number of aliphatic hydroxyl groups is 1. The van der Waals surface area contributed by atoms with Gasteiger partial charge in [-0.2, -0.15) is 0 Å². The quantitative estimate of drug-likeness (QED) is 0.599. The fraction of sp³-hybridized carbons (Fsp3) is 0.500. The van der Waals surface area contributed by atoms with E-state index in [1.165, 1.54) is 5.57 Å². The Balaban J connectivity index is 2.49. The third kappa shape index (κ3) is 2.19. The van der Waals surface area contributed by atoms with Crippen molar-refractivity contribution in [1.82, 2.24) is 0 Å². The van der Waals surface area contributed by atoms with Gasteiger partial charge in [-0.25, -0.2) is 0 Å². The summed E-state index contributed by atoms with van der Waals surface area (Å²) in [6.45, 7) is 6.17. The van der Waals surface area contributed by atoms with Crippen molar-refractivity contribution in [3.05, 3.63) is 30.2 Å². The molecule has 1 nitrogen and oxygen atoms in total. The topological polar surface area (TPSA) is 20.2 Å². The third-order valence-electron chi connectivity index (χ3n) is 2.18. The lowest BCUT2D eigenvalue weighted by Crippen LogP contribution is -2.10. The first-order valence-corrected chi connectivity index (χ1v) is 4.03. The van der Waals surface area contributed by atoms with E-state index in [0.29, 0.717) is 5.92 Å². The van der Waals surface area contributed by atoms with Crippen molar-refractivity contribution in [2.24, 2.45) is 5.92 Å². The fourth-order valence-corrected chi connectivity index (χ4v) is 1.32. The molecule has 0 aromatic rings. The first kappa shape index (κ1) is 8.54. The van der Waals surface area contributed by atoms with Crippen LogP contribution in [0.3, 0.4) is 0 Å².